The smallest absolute Gasteiger partial charge is 0.438 e. The van der Waals surface area contributed by atoms with Crippen LogP contribution in [0, 0.1) is 0 Å². The average Bonchev–Trinajstić information content (AvgIpc) is 2.18. The Kier molecular flexibility index (Phi) is 3.12. The lowest BCUT2D eigenvalue weighted by Crippen LogP contribution is -2.25. The molecular weight excluding hydrogens is 180 g/mol. The van der Waals surface area contributed by atoms with E-state index in [1.165, 1.54) is 7.11 Å². The van der Waals surface area contributed by atoms with Gasteiger partial charge in [-0.25, -0.2) is 4.79 Å². The molecule has 0 aliphatic heterocycles. The Bertz CT molecular complexity index is 304. The van der Waals surface area contributed by atoms with Gasteiger partial charge in [-0.05, 0) is 19.4 Å². The normalized spacial score (nSPS) is 10.8. The van der Waals surface area contributed by atoms with Crippen molar-refractivity contribution in [2.45, 2.75) is 19.4 Å². The summed E-state index contributed by atoms with van der Waals surface area (Å²) in [6.07, 6.45) is -0.668. The highest BCUT2D eigenvalue weighted by molar-refractivity contribution is 5.60. The predicted octanol–water partition coefficient (Wildman–Crippen LogP) is 2.70. The first kappa shape index (κ1) is 10.6. The fraction of sp³-hybridized carbons (Fsp3) is 0.364. The lowest BCUT2D eigenvalue weighted by atomic mass is 9.98. The average molecular weight is 194 g/mol. The summed E-state index contributed by atoms with van der Waals surface area (Å²) in [6.45, 7) is 3.64. The molecule has 0 saturated carbocycles. The molecule has 1 rings (SSSR count). The maximum absolute atomic E-state index is 11.0. The second kappa shape index (κ2) is 4.13. The number of ether oxygens (including phenoxy) is 2. The van der Waals surface area contributed by atoms with Crippen molar-refractivity contribution in [3.8, 4) is 0 Å². The van der Waals surface area contributed by atoms with Crippen molar-refractivity contribution in [3.05, 3.63) is 35.9 Å². The standard InChI is InChI=1S/C11H14O3/c1-11(2,14-10(12)13-3)9-7-5-4-6-8-9/h4-8H,1-3H3. The third kappa shape index (κ3) is 2.49. The molecule has 0 bridgehead atoms. The molecule has 1 aromatic carbocycles. The molecule has 0 unspecified atom stereocenters. The van der Waals surface area contributed by atoms with Gasteiger partial charge in [0.1, 0.15) is 5.60 Å². The third-order valence-electron chi connectivity index (χ3n) is 1.97. The summed E-state index contributed by atoms with van der Waals surface area (Å²) in [7, 11) is 1.30. The van der Waals surface area contributed by atoms with Gasteiger partial charge in [0.15, 0.2) is 0 Å². The number of benzene rings is 1. The van der Waals surface area contributed by atoms with Crippen LogP contribution in [0.3, 0.4) is 0 Å². The Hall–Kier alpha value is -1.51. The van der Waals surface area contributed by atoms with Crippen LogP contribution in [0.1, 0.15) is 19.4 Å². The molecule has 0 heterocycles. The first-order chi connectivity index (χ1) is 6.56. The largest absolute Gasteiger partial charge is 0.508 e. The molecule has 0 aromatic heterocycles. The zero-order valence-electron chi connectivity index (χ0n) is 8.61. The monoisotopic (exact) mass is 194 g/mol. The fourth-order valence-corrected chi connectivity index (χ4v) is 1.15. The molecule has 3 heteroatoms. The van der Waals surface area contributed by atoms with E-state index in [0.29, 0.717) is 0 Å². The second-order valence-corrected chi connectivity index (χ2v) is 3.43. The molecule has 1 aromatic rings. The maximum Gasteiger partial charge on any atom is 0.508 e. The van der Waals surface area contributed by atoms with Gasteiger partial charge in [0.2, 0.25) is 0 Å². The number of hydrogen-bond acceptors (Lipinski definition) is 3. The Balaban J connectivity index is 2.80. The van der Waals surface area contributed by atoms with Gasteiger partial charge in [-0.2, -0.15) is 0 Å². The first-order valence-electron chi connectivity index (χ1n) is 4.39. The van der Waals surface area contributed by atoms with Gasteiger partial charge in [0, 0.05) is 0 Å². The van der Waals surface area contributed by atoms with E-state index in [4.69, 9.17) is 4.74 Å². The van der Waals surface area contributed by atoms with Crippen molar-refractivity contribution in [3.63, 3.8) is 0 Å². The molecule has 76 valence electrons. The minimum Gasteiger partial charge on any atom is -0.438 e. The molecule has 3 nitrogen and oxygen atoms in total. The SMILES string of the molecule is COC(=O)OC(C)(C)c1ccccc1. The van der Waals surface area contributed by atoms with E-state index in [1.807, 2.05) is 44.2 Å². The van der Waals surface area contributed by atoms with E-state index in [1.54, 1.807) is 0 Å². The Labute approximate surface area is 83.6 Å². The zero-order valence-corrected chi connectivity index (χ0v) is 8.61. The molecule has 0 atom stereocenters. The van der Waals surface area contributed by atoms with Crippen LogP contribution in [-0.2, 0) is 15.1 Å². The van der Waals surface area contributed by atoms with Gasteiger partial charge >= 0.3 is 6.16 Å². The van der Waals surface area contributed by atoms with Crippen molar-refractivity contribution >= 4 is 6.16 Å². The Morgan fingerprint density at radius 3 is 2.29 bits per heavy atom. The molecular formula is C11H14O3. The summed E-state index contributed by atoms with van der Waals surface area (Å²) < 4.78 is 9.56. The molecule has 0 N–H and O–H groups in total. The number of hydrogen-bond donors (Lipinski definition) is 0. The van der Waals surface area contributed by atoms with Gasteiger partial charge in [-0.1, -0.05) is 30.3 Å². The zero-order chi connectivity index (χ0) is 10.6. The van der Waals surface area contributed by atoms with Crippen LogP contribution in [0.2, 0.25) is 0 Å². The van der Waals surface area contributed by atoms with Crippen LogP contribution in [0.25, 0.3) is 0 Å². The number of carbonyl (C=O) groups is 1. The quantitative estimate of drug-likeness (QED) is 0.679. The van der Waals surface area contributed by atoms with Gasteiger partial charge in [0.25, 0.3) is 0 Å². The number of carbonyl (C=O) groups excluding carboxylic acids is 1. The number of methoxy groups -OCH3 is 1. The van der Waals surface area contributed by atoms with E-state index in [-0.39, 0.29) is 0 Å². The molecule has 0 amide bonds. The van der Waals surface area contributed by atoms with Gasteiger partial charge < -0.3 is 9.47 Å². The highest BCUT2D eigenvalue weighted by atomic mass is 16.7. The van der Waals surface area contributed by atoms with Crippen molar-refractivity contribution in [2.75, 3.05) is 7.11 Å². The minimum atomic E-state index is -0.668. The molecule has 0 saturated heterocycles. The molecule has 0 radical (unpaired) electrons. The van der Waals surface area contributed by atoms with E-state index in [0.717, 1.165) is 5.56 Å². The van der Waals surface area contributed by atoms with Gasteiger partial charge in [-0.3, -0.25) is 0 Å². The van der Waals surface area contributed by atoms with Crippen molar-refractivity contribution in [1.29, 1.82) is 0 Å². The van der Waals surface area contributed by atoms with Crippen LogP contribution in [0.15, 0.2) is 30.3 Å². The van der Waals surface area contributed by atoms with E-state index in [9.17, 15) is 4.79 Å². The van der Waals surface area contributed by atoms with Crippen LogP contribution >= 0.6 is 0 Å². The van der Waals surface area contributed by atoms with Crippen molar-refractivity contribution in [1.82, 2.24) is 0 Å². The summed E-state index contributed by atoms with van der Waals surface area (Å²) in [6, 6.07) is 9.53. The highest BCUT2D eigenvalue weighted by Gasteiger charge is 2.25. The van der Waals surface area contributed by atoms with Gasteiger partial charge in [0.05, 0.1) is 7.11 Å². The summed E-state index contributed by atoms with van der Waals surface area (Å²) in [5, 5.41) is 0. The Morgan fingerprint density at radius 2 is 1.79 bits per heavy atom. The summed E-state index contributed by atoms with van der Waals surface area (Å²) in [4.78, 5) is 11.0. The van der Waals surface area contributed by atoms with E-state index < -0.39 is 11.8 Å². The van der Waals surface area contributed by atoms with E-state index >= 15 is 0 Å². The minimum absolute atomic E-state index is 0.658. The molecule has 0 spiro atoms. The summed E-state index contributed by atoms with van der Waals surface area (Å²) in [5.41, 5.74) is 0.277. The fourth-order valence-electron chi connectivity index (χ4n) is 1.15. The molecule has 0 aliphatic rings. The van der Waals surface area contributed by atoms with Crippen LogP contribution in [0.5, 0.6) is 0 Å². The van der Waals surface area contributed by atoms with Gasteiger partial charge in [-0.15, -0.1) is 0 Å². The second-order valence-electron chi connectivity index (χ2n) is 3.43. The Morgan fingerprint density at radius 1 is 1.21 bits per heavy atom. The molecule has 14 heavy (non-hydrogen) atoms. The lowest BCUT2D eigenvalue weighted by molar-refractivity contribution is -0.00955. The van der Waals surface area contributed by atoms with Crippen LogP contribution < -0.4 is 0 Å². The van der Waals surface area contributed by atoms with Crippen LogP contribution in [-0.4, -0.2) is 13.3 Å². The highest BCUT2D eigenvalue weighted by Crippen LogP contribution is 2.24. The van der Waals surface area contributed by atoms with Crippen molar-refractivity contribution in [2.24, 2.45) is 0 Å². The predicted molar refractivity (Wildman–Crippen MR) is 53.0 cm³/mol. The van der Waals surface area contributed by atoms with Crippen molar-refractivity contribution < 1.29 is 14.3 Å². The lowest BCUT2D eigenvalue weighted by Gasteiger charge is -2.24. The summed E-state index contributed by atoms with van der Waals surface area (Å²) in [5.74, 6) is 0. The molecule has 0 fully saturated rings. The maximum atomic E-state index is 11.0. The topological polar surface area (TPSA) is 35.5 Å². The molecule has 0 aliphatic carbocycles. The van der Waals surface area contributed by atoms with E-state index in [2.05, 4.69) is 4.74 Å². The third-order valence-corrected chi connectivity index (χ3v) is 1.97. The van der Waals surface area contributed by atoms with Crippen LogP contribution in [0.4, 0.5) is 4.79 Å². The number of rotatable bonds is 2. The first-order valence-corrected chi connectivity index (χ1v) is 4.39. The summed E-state index contributed by atoms with van der Waals surface area (Å²) >= 11 is 0.